The van der Waals surface area contributed by atoms with Crippen LogP contribution in [0.2, 0.25) is 0 Å². The van der Waals surface area contributed by atoms with Gasteiger partial charge in [0.25, 0.3) is 5.91 Å². The number of carbonyl (C=O) groups is 2. The predicted molar refractivity (Wildman–Crippen MR) is 91.7 cm³/mol. The lowest BCUT2D eigenvalue weighted by molar-refractivity contribution is -0.182. The molecule has 8 nitrogen and oxygen atoms in total. The van der Waals surface area contributed by atoms with Crippen molar-refractivity contribution in [1.29, 1.82) is 0 Å². The molecule has 0 aromatic heterocycles. The third-order valence-electron chi connectivity index (χ3n) is 4.34. The highest BCUT2D eigenvalue weighted by Crippen LogP contribution is 2.21. The summed E-state index contributed by atoms with van der Waals surface area (Å²) in [4.78, 5) is 24.3. The van der Waals surface area contributed by atoms with Gasteiger partial charge in [-0.1, -0.05) is 45.4 Å². The molecule has 0 aliphatic carbocycles. The Hall–Kier alpha value is -1.06. The van der Waals surface area contributed by atoms with E-state index in [0.717, 1.165) is 38.5 Å². The van der Waals surface area contributed by atoms with Gasteiger partial charge in [0.2, 0.25) is 5.60 Å². The van der Waals surface area contributed by atoms with Crippen LogP contribution < -0.4 is 5.32 Å². The summed E-state index contributed by atoms with van der Waals surface area (Å²) in [5.41, 5.74) is -2.88. The van der Waals surface area contributed by atoms with Crippen LogP contribution in [0.15, 0.2) is 0 Å². The molecule has 0 heterocycles. The molecule has 0 saturated carbocycles. The second kappa shape index (κ2) is 12.3. The lowest BCUT2D eigenvalue weighted by atomic mass is 9.83. The van der Waals surface area contributed by atoms with Crippen LogP contribution in [0.1, 0.15) is 58.3 Å². The summed E-state index contributed by atoms with van der Waals surface area (Å²) in [6.07, 6.45) is 0.338. The fourth-order valence-corrected chi connectivity index (χ4v) is 2.62. The molecular weight excluding hydrogens is 330 g/mol. The van der Waals surface area contributed by atoms with E-state index in [4.69, 9.17) is 5.11 Å². The number of likely N-dealkylation sites (N-methyl/N-ethyl adjacent to an activating group) is 1. The Morgan fingerprint density at radius 3 is 2.00 bits per heavy atom. The molecule has 0 radical (unpaired) electrons. The number of Topliss-reactive ketones (excluding diaryl/α,β-unsaturated/α-hetero) is 1. The number of amides is 1. The van der Waals surface area contributed by atoms with Gasteiger partial charge in [0.05, 0.1) is 6.61 Å². The Morgan fingerprint density at radius 2 is 1.52 bits per heavy atom. The van der Waals surface area contributed by atoms with E-state index >= 15 is 0 Å². The van der Waals surface area contributed by atoms with Crippen LogP contribution in [-0.2, 0) is 9.59 Å². The summed E-state index contributed by atoms with van der Waals surface area (Å²) < 4.78 is 0. The predicted octanol–water partition coefficient (Wildman–Crippen LogP) is -0.752. The molecule has 4 atom stereocenters. The van der Waals surface area contributed by atoms with Crippen molar-refractivity contribution in [2.24, 2.45) is 0 Å². The number of unbranched alkanes of at least 4 members (excludes halogenated alkanes) is 6. The fourth-order valence-electron chi connectivity index (χ4n) is 2.62. The van der Waals surface area contributed by atoms with Gasteiger partial charge in [0.1, 0.15) is 18.3 Å². The Balaban J connectivity index is 4.78. The summed E-state index contributed by atoms with van der Waals surface area (Å²) >= 11 is 0. The molecule has 6 N–H and O–H groups in total. The van der Waals surface area contributed by atoms with Gasteiger partial charge in [-0.3, -0.25) is 9.59 Å². The second-order valence-electron chi connectivity index (χ2n) is 6.33. The Bertz CT molecular complexity index is 404. The van der Waals surface area contributed by atoms with Crippen molar-refractivity contribution in [3.8, 4) is 0 Å². The average molecular weight is 363 g/mol. The van der Waals surface area contributed by atoms with E-state index in [0.29, 0.717) is 6.42 Å². The number of hydrogen-bond donors (Lipinski definition) is 6. The smallest absolute Gasteiger partial charge is 0.262 e. The zero-order valence-corrected chi connectivity index (χ0v) is 15.1. The molecule has 0 unspecified atom stereocenters. The number of nitrogens with one attached hydrogen (secondary N) is 1. The van der Waals surface area contributed by atoms with Gasteiger partial charge in [-0.15, -0.1) is 0 Å². The molecule has 0 saturated heterocycles. The maximum absolute atomic E-state index is 12.3. The summed E-state index contributed by atoms with van der Waals surface area (Å²) in [5, 5.41) is 50.6. The van der Waals surface area contributed by atoms with Gasteiger partial charge < -0.3 is 30.8 Å². The lowest BCUT2D eigenvalue weighted by Crippen LogP contribution is -2.64. The van der Waals surface area contributed by atoms with Gasteiger partial charge in [-0.2, -0.15) is 0 Å². The topological polar surface area (TPSA) is 147 Å². The molecule has 0 bridgehead atoms. The molecule has 25 heavy (non-hydrogen) atoms. The molecule has 0 aromatic carbocycles. The van der Waals surface area contributed by atoms with Crippen LogP contribution in [-0.4, -0.2) is 74.8 Å². The number of rotatable bonds is 14. The Kier molecular flexibility index (Phi) is 11.8. The first-order valence-electron chi connectivity index (χ1n) is 8.90. The minimum Gasteiger partial charge on any atom is -0.394 e. The highest BCUT2D eigenvalue weighted by Gasteiger charge is 2.53. The van der Waals surface area contributed by atoms with E-state index < -0.39 is 42.2 Å². The van der Waals surface area contributed by atoms with Crippen LogP contribution in [0.25, 0.3) is 0 Å². The summed E-state index contributed by atoms with van der Waals surface area (Å²) in [5.74, 6) is -2.10. The number of carbonyl (C=O) groups excluding carboxylic acids is 2. The monoisotopic (exact) mass is 363 g/mol. The first-order chi connectivity index (χ1) is 11.8. The van der Waals surface area contributed by atoms with Crippen LogP contribution in [0, 0.1) is 0 Å². The Labute approximate surface area is 148 Å². The molecule has 0 aromatic rings. The zero-order chi connectivity index (χ0) is 19.5. The lowest BCUT2D eigenvalue weighted by Gasteiger charge is -2.33. The molecule has 0 fully saturated rings. The normalized spacial score (nSPS) is 17.4. The van der Waals surface area contributed by atoms with Crippen molar-refractivity contribution in [2.45, 2.75) is 82.2 Å². The third-order valence-corrected chi connectivity index (χ3v) is 4.34. The molecule has 0 rings (SSSR count). The van der Waals surface area contributed by atoms with Crippen LogP contribution in [0.4, 0.5) is 0 Å². The Morgan fingerprint density at radius 1 is 1.00 bits per heavy atom. The van der Waals surface area contributed by atoms with Gasteiger partial charge in [-0.25, -0.2) is 0 Å². The molecule has 0 aliphatic rings. The number of aliphatic hydroxyl groups excluding tert-OH is 4. The highest BCUT2D eigenvalue weighted by atomic mass is 16.4. The summed E-state index contributed by atoms with van der Waals surface area (Å²) in [6, 6.07) is 0. The minimum atomic E-state index is -2.88. The van der Waals surface area contributed by atoms with Crippen LogP contribution in [0.3, 0.4) is 0 Å². The summed E-state index contributed by atoms with van der Waals surface area (Å²) in [7, 11) is 1.18. The van der Waals surface area contributed by atoms with E-state index in [2.05, 4.69) is 12.2 Å². The average Bonchev–Trinajstić information content (AvgIpc) is 2.63. The van der Waals surface area contributed by atoms with E-state index in [-0.39, 0.29) is 6.42 Å². The quantitative estimate of drug-likeness (QED) is 0.176. The number of aliphatic hydroxyl groups is 5. The molecular formula is C17H33NO7. The van der Waals surface area contributed by atoms with Crippen molar-refractivity contribution in [1.82, 2.24) is 5.32 Å². The van der Waals surface area contributed by atoms with E-state index in [1.807, 2.05) is 0 Å². The molecule has 0 spiro atoms. The number of ketones is 1. The van der Waals surface area contributed by atoms with Gasteiger partial charge in [0, 0.05) is 13.5 Å². The van der Waals surface area contributed by atoms with Crippen molar-refractivity contribution >= 4 is 11.7 Å². The molecule has 148 valence electrons. The first-order valence-corrected chi connectivity index (χ1v) is 8.90. The molecule has 8 heteroatoms. The third kappa shape index (κ3) is 6.99. The first kappa shape index (κ1) is 23.9. The SMILES string of the molecule is CCCCCCCCCC(=O)[C@](O)(C(=O)NC)[C@@H](O)[C@H](O)[C@H](O)CO. The van der Waals surface area contributed by atoms with Crippen molar-refractivity contribution in [3.05, 3.63) is 0 Å². The van der Waals surface area contributed by atoms with E-state index in [1.165, 1.54) is 7.05 Å². The zero-order valence-electron chi connectivity index (χ0n) is 15.1. The fraction of sp³-hybridized carbons (Fsp3) is 0.882. The molecule has 1 amide bonds. The van der Waals surface area contributed by atoms with Crippen LogP contribution >= 0.6 is 0 Å². The second-order valence-corrected chi connectivity index (χ2v) is 6.33. The number of hydrogen-bond acceptors (Lipinski definition) is 7. The van der Waals surface area contributed by atoms with Crippen molar-refractivity contribution < 1.29 is 35.1 Å². The van der Waals surface area contributed by atoms with E-state index in [9.17, 15) is 30.0 Å². The van der Waals surface area contributed by atoms with Crippen LogP contribution in [0.5, 0.6) is 0 Å². The minimum absolute atomic E-state index is 0.142. The van der Waals surface area contributed by atoms with Gasteiger partial charge in [0.15, 0.2) is 5.78 Å². The van der Waals surface area contributed by atoms with Gasteiger partial charge >= 0.3 is 0 Å². The summed E-state index contributed by atoms with van der Waals surface area (Å²) in [6.45, 7) is 1.22. The van der Waals surface area contributed by atoms with Gasteiger partial charge in [-0.05, 0) is 6.42 Å². The van der Waals surface area contributed by atoms with E-state index in [1.54, 1.807) is 0 Å². The maximum Gasteiger partial charge on any atom is 0.262 e. The standard InChI is InChI=1S/C17H33NO7/c1-3-4-5-6-7-8-9-10-13(21)17(25,16(24)18-2)15(23)14(22)12(20)11-19/h12,14-15,19-20,22-23,25H,3-11H2,1-2H3,(H,18,24)/t12-,14-,15+,17-/m1/s1. The van der Waals surface area contributed by atoms with Crippen molar-refractivity contribution in [3.63, 3.8) is 0 Å². The molecule has 0 aliphatic heterocycles. The maximum atomic E-state index is 12.3. The van der Waals surface area contributed by atoms with Crippen molar-refractivity contribution in [2.75, 3.05) is 13.7 Å². The largest absolute Gasteiger partial charge is 0.394 e. The highest BCUT2D eigenvalue weighted by molar-refractivity contribution is 6.09.